The average molecular weight is 691 g/mol. The summed E-state index contributed by atoms with van der Waals surface area (Å²) in [5.41, 5.74) is 3.58. The van der Waals surface area contributed by atoms with E-state index in [1.54, 1.807) is 42.9 Å². The maximum Gasteiger partial charge on any atom is 0.271 e. The number of carbonyl (C=O) groups excluding carboxylic acids is 1. The fourth-order valence-corrected chi connectivity index (χ4v) is 7.22. The Hall–Kier alpha value is -4.34. The highest BCUT2D eigenvalue weighted by molar-refractivity contribution is 7.07. The van der Waals surface area contributed by atoms with Gasteiger partial charge in [0.05, 0.1) is 39.0 Å². The second-order valence-electron chi connectivity index (χ2n) is 10.4. The van der Waals surface area contributed by atoms with Crippen LogP contribution in [0.1, 0.15) is 29.7 Å². The third kappa shape index (κ3) is 6.48. The zero-order valence-electron chi connectivity index (χ0n) is 24.6. The molecule has 1 atom stereocenters. The number of nitrogens with one attached hydrogen (secondary N) is 1. The van der Waals surface area contributed by atoms with Crippen molar-refractivity contribution in [1.29, 1.82) is 0 Å². The molecule has 1 aromatic heterocycles. The molecule has 0 radical (unpaired) electrons. The van der Waals surface area contributed by atoms with Crippen molar-refractivity contribution in [2.45, 2.75) is 19.6 Å². The van der Waals surface area contributed by atoms with Gasteiger partial charge in [0.2, 0.25) is 0 Å². The predicted molar refractivity (Wildman–Crippen MR) is 184 cm³/mol. The molecule has 1 amide bonds. The number of nitrogens with zero attached hydrogens (tertiary/aromatic N) is 2. The highest BCUT2D eigenvalue weighted by atomic mass is 35.5. The number of hydrogen-bond acceptors (Lipinski definition) is 6. The number of rotatable bonds is 8. The van der Waals surface area contributed by atoms with E-state index in [0.29, 0.717) is 48.4 Å². The first-order valence-electron chi connectivity index (χ1n) is 14.1. The number of methoxy groups -OCH3 is 1. The first-order chi connectivity index (χ1) is 22.2. The van der Waals surface area contributed by atoms with Crippen LogP contribution in [0, 0.1) is 0 Å². The van der Waals surface area contributed by atoms with E-state index >= 15 is 0 Å². The van der Waals surface area contributed by atoms with Gasteiger partial charge in [-0.05, 0) is 60.5 Å². The minimum Gasteiger partial charge on any atom is -0.496 e. The topological polar surface area (TPSA) is 81.9 Å². The van der Waals surface area contributed by atoms with E-state index in [9.17, 15) is 9.59 Å². The number of benzene rings is 4. The van der Waals surface area contributed by atoms with Gasteiger partial charge in [0.25, 0.3) is 11.5 Å². The van der Waals surface area contributed by atoms with Gasteiger partial charge in [-0.25, -0.2) is 4.99 Å². The van der Waals surface area contributed by atoms with Crippen LogP contribution in [0.25, 0.3) is 6.08 Å². The number of allylic oxidation sites excluding steroid dienone is 1. The van der Waals surface area contributed by atoms with Crippen molar-refractivity contribution in [2.24, 2.45) is 4.99 Å². The fraction of sp³-hybridized carbons (Fsp3) is 0.114. The molecular formula is C35H26Cl3N3O4S. The summed E-state index contributed by atoms with van der Waals surface area (Å²) in [5, 5.41) is 3.94. The molecule has 0 spiro atoms. The van der Waals surface area contributed by atoms with Crippen molar-refractivity contribution < 1.29 is 14.3 Å². The quantitative estimate of drug-likeness (QED) is 0.184. The van der Waals surface area contributed by atoms with E-state index in [4.69, 9.17) is 49.3 Å². The minimum atomic E-state index is -0.669. The summed E-state index contributed by atoms with van der Waals surface area (Å²) in [6.45, 7) is 1.89. The van der Waals surface area contributed by atoms with Crippen molar-refractivity contribution in [1.82, 2.24) is 4.57 Å². The van der Waals surface area contributed by atoms with Crippen LogP contribution >= 0.6 is 46.1 Å². The van der Waals surface area contributed by atoms with Gasteiger partial charge in [-0.1, -0.05) is 101 Å². The van der Waals surface area contributed by atoms with Gasteiger partial charge in [0.1, 0.15) is 12.4 Å². The molecule has 6 rings (SSSR count). The molecule has 0 saturated heterocycles. The summed E-state index contributed by atoms with van der Waals surface area (Å²) in [6, 6.07) is 26.6. The SMILES string of the molecule is COc1ccc(C=c2sc3n(c2=O)C(c2ccccc2)C(C(=O)Nc2ccccc2)=C(C)N=3)cc1COc1c(Cl)cc(Cl)cc1Cl. The Kier molecular flexibility index (Phi) is 9.33. The number of halogens is 3. The van der Waals surface area contributed by atoms with Crippen LogP contribution < -0.4 is 29.7 Å². The van der Waals surface area contributed by atoms with Crippen LogP contribution in [0.2, 0.25) is 15.1 Å². The molecule has 0 saturated carbocycles. The molecule has 5 aromatic rings. The molecule has 46 heavy (non-hydrogen) atoms. The minimum absolute atomic E-state index is 0.0975. The highest BCUT2D eigenvalue weighted by Gasteiger charge is 2.32. The number of fused-ring (bicyclic) bond motifs is 1. The van der Waals surface area contributed by atoms with Crippen LogP contribution in [0.15, 0.2) is 112 Å². The Labute approximate surface area is 283 Å². The fourth-order valence-electron chi connectivity index (χ4n) is 5.25. The van der Waals surface area contributed by atoms with Gasteiger partial charge in [-0.15, -0.1) is 0 Å². The Bertz CT molecular complexity index is 2140. The van der Waals surface area contributed by atoms with Crippen molar-refractivity contribution in [3.63, 3.8) is 0 Å². The molecule has 2 heterocycles. The standard InChI is InChI=1S/C35H26Cl3N3O4S/c1-20-30(33(42)40-25-11-7-4-8-12-25)31(22-9-5-3-6-10-22)41-34(43)29(46-35(41)39-20)16-21-13-14-28(44-2)23(15-21)19-45-32-26(37)17-24(36)18-27(32)38/h3-18,31H,19H2,1-2H3,(H,40,42). The summed E-state index contributed by atoms with van der Waals surface area (Å²) in [5.74, 6) is 0.571. The summed E-state index contributed by atoms with van der Waals surface area (Å²) in [7, 11) is 1.57. The lowest BCUT2D eigenvalue weighted by Gasteiger charge is -2.25. The Morgan fingerprint density at radius 1 is 0.978 bits per heavy atom. The number of carbonyl (C=O) groups is 1. The second kappa shape index (κ2) is 13.6. The zero-order chi connectivity index (χ0) is 32.4. The molecule has 4 aromatic carbocycles. The van der Waals surface area contributed by atoms with E-state index in [-0.39, 0.29) is 28.1 Å². The van der Waals surface area contributed by atoms with Crippen molar-refractivity contribution in [3.8, 4) is 11.5 Å². The lowest BCUT2D eigenvalue weighted by molar-refractivity contribution is -0.113. The molecule has 0 aliphatic carbocycles. The second-order valence-corrected chi connectivity index (χ2v) is 12.6. The predicted octanol–water partition coefficient (Wildman–Crippen LogP) is 7.42. The van der Waals surface area contributed by atoms with Gasteiger partial charge in [0, 0.05) is 16.3 Å². The lowest BCUT2D eigenvalue weighted by atomic mass is 9.95. The number of amides is 1. The Balaban J connectivity index is 1.39. The number of thiazole rings is 1. The molecule has 232 valence electrons. The van der Waals surface area contributed by atoms with E-state index in [0.717, 1.165) is 11.1 Å². The molecule has 1 aliphatic heterocycles. The Morgan fingerprint density at radius 3 is 2.33 bits per heavy atom. The number of anilines is 1. The molecular weight excluding hydrogens is 665 g/mol. The third-order valence-corrected chi connectivity index (χ3v) is 9.11. The normalized spacial score (nSPS) is 14.5. The lowest BCUT2D eigenvalue weighted by Crippen LogP contribution is -2.40. The molecule has 1 N–H and O–H groups in total. The maximum atomic E-state index is 14.1. The molecule has 0 bridgehead atoms. The highest BCUT2D eigenvalue weighted by Crippen LogP contribution is 2.37. The maximum absolute atomic E-state index is 14.1. The number of ether oxygens (including phenoxy) is 2. The smallest absolute Gasteiger partial charge is 0.271 e. The first-order valence-corrected chi connectivity index (χ1v) is 16.1. The Morgan fingerprint density at radius 2 is 1.65 bits per heavy atom. The molecule has 1 unspecified atom stereocenters. The van der Waals surface area contributed by atoms with E-state index in [1.165, 1.54) is 11.3 Å². The van der Waals surface area contributed by atoms with Gasteiger partial charge < -0.3 is 14.8 Å². The van der Waals surface area contributed by atoms with Gasteiger partial charge in [0.15, 0.2) is 10.6 Å². The van der Waals surface area contributed by atoms with E-state index in [1.807, 2.05) is 72.8 Å². The number of hydrogen-bond donors (Lipinski definition) is 1. The number of para-hydroxylation sites is 1. The van der Waals surface area contributed by atoms with Crippen LogP contribution in [0.4, 0.5) is 5.69 Å². The van der Waals surface area contributed by atoms with Crippen molar-refractivity contribution in [3.05, 3.63) is 154 Å². The van der Waals surface area contributed by atoms with Crippen LogP contribution in [0.5, 0.6) is 11.5 Å². The number of aromatic nitrogens is 1. The van der Waals surface area contributed by atoms with Gasteiger partial charge in [-0.2, -0.15) is 0 Å². The first kappa shape index (κ1) is 31.6. The molecule has 11 heteroatoms. The third-order valence-electron chi connectivity index (χ3n) is 7.35. The van der Waals surface area contributed by atoms with Crippen LogP contribution in [-0.4, -0.2) is 17.6 Å². The van der Waals surface area contributed by atoms with Crippen LogP contribution in [-0.2, 0) is 11.4 Å². The molecule has 7 nitrogen and oxygen atoms in total. The zero-order valence-corrected chi connectivity index (χ0v) is 27.7. The average Bonchev–Trinajstić information content (AvgIpc) is 3.34. The van der Waals surface area contributed by atoms with Gasteiger partial charge in [-0.3, -0.25) is 14.2 Å². The van der Waals surface area contributed by atoms with Gasteiger partial charge >= 0.3 is 0 Å². The van der Waals surface area contributed by atoms with Crippen molar-refractivity contribution >= 4 is 63.8 Å². The summed E-state index contributed by atoms with van der Waals surface area (Å²) in [6.07, 6.45) is 1.79. The van der Waals surface area contributed by atoms with Crippen molar-refractivity contribution in [2.75, 3.05) is 12.4 Å². The monoisotopic (exact) mass is 689 g/mol. The molecule has 1 aliphatic rings. The largest absolute Gasteiger partial charge is 0.496 e. The van der Waals surface area contributed by atoms with Crippen LogP contribution in [0.3, 0.4) is 0 Å². The summed E-state index contributed by atoms with van der Waals surface area (Å²) >= 11 is 19.9. The molecule has 0 fully saturated rings. The van der Waals surface area contributed by atoms with E-state index < -0.39 is 6.04 Å². The summed E-state index contributed by atoms with van der Waals surface area (Å²) < 4.78 is 13.6. The van der Waals surface area contributed by atoms with E-state index in [2.05, 4.69) is 5.32 Å². The summed E-state index contributed by atoms with van der Waals surface area (Å²) in [4.78, 5) is 33.0.